The Morgan fingerprint density at radius 2 is 1.10 bits per heavy atom. The molecule has 0 bridgehead atoms. The largest absolute Gasteiger partial charge is 0.397 e. The van der Waals surface area contributed by atoms with E-state index in [2.05, 4.69) is 20.9 Å². The lowest BCUT2D eigenvalue weighted by molar-refractivity contribution is -0.278. The van der Waals surface area contributed by atoms with Gasteiger partial charge in [0.25, 0.3) is 0 Å². The zero-order chi connectivity index (χ0) is 30.2. The van der Waals surface area contributed by atoms with Crippen molar-refractivity contribution in [2.45, 2.75) is 55.9 Å². The van der Waals surface area contributed by atoms with Crippen LogP contribution in [0.3, 0.4) is 0 Å². The summed E-state index contributed by atoms with van der Waals surface area (Å²) in [5.41, 5.74) is 0. The molecular weight excluding hydrogens is 660 g/mol. The number of hydrogen-bond donors (Lipinski definition) is 5. The number of ether oxygens (including phenoxy) is 3. The lowest BCUT2D eigenvalue weighted by atomic mass is 10.0. The van der Waals surface area contributed by atoms with Gasteiger partial charge in [-0.25, -0.2) is 20.9 Å². The lowest BCUT2D eigenvalue weighted by Crippen LogP contribution is -2.59. The molecule has 0 saturated carbocycles. The van der Waals surface area contributed by atoms with Gasteiger partial charge in [-0.2, -0.15) is 42.1 Å². The predicted octanol–water partition coefficient (Wildman–Crippen LogP) is -3.91. The average molecular weight is 681 g/mol. The van der Waals surface area contributed by atoms with Gasteiger partial charge in [0.2, 0.25) is 0 Å². The molecule has 23 nitrogen and oxygen atoms in total. The molecule has 0 aliphatic carbocycles. The van der Waals surface area contributed by atoms with E-state index in [1.165, 1.54) is 0 Å². The van der Waals surface area contributed by atoms with Crippen molar-refractivity contribution in [2.75, 3.05) is 13.2 Å². The van der Waals surface area contributed by atoms with Gasteiger partial charge in [0.15, 0.2) is 12.4 Å². The Labute approximate surface area is 220 Å². The van der Waals surface area contributed by atoms with Crippen molar-refractivity contribution >= 4 is 52.0 Å². The third-order valence-electron chi connectivity index (χ3n) is 4.54. The van der Waals surface area contributed by atoms with Gasteiger partial charge < -0.3 is 14.2 Å². The van der Waals surface area contributed by atoms with Crippen LogP contribution in [0, 0.1) is 0 Å². The molecular formula is C11H20O23S5. The number of rotatable bonds is 13. The highest BCUT2D eigenvalue weighted by molar-refractivity contribution is 7.81. The molecule has 2 rings (SSSR count). The Morgan fingerprint density at radius 3 is 1.56 bits per heavy atom. The van der Waals surface area contributed by atoms with Crippen LogP contribution < -0.4 is 0 Å². The van der Waals surface area contributed by atoms with E-state index in [1.807, 2.05) is 0 Å². The second kappa shape index (κ2) is 12.2. The van der Waals surface area contributed by atoms with E-state index >= 15 is 0 Å². The molecule has 5 N–H and O–H groups in total. The van der Waals surface area contributed by atoms with Crippen molar-refractivity contribution in [1.82, 2.24) is 0 Å². The quantitative estimate of drug-likeness (QED) is 0.116. The molecule has 0 aromatic carbocycles. The first-order valence-corrected chi connectivity index (χ1v) is 16.3. The summed E-state index contributed by atoms with van der Waals surface area (Å²) in [6.45, 7) is -1.25. The fourth-order valence-electron chi connectivity index (χ4n) is 3.39. The van der Waals surface area contributed by atoms with Gasteiger partial charge in [0.1, 0.15) is 30.5 Å². The first-order chi connectivity index (χ1) is 17.3. The van der Waals surface area contributed by atoms with E-state index in [1.54, 1.807) is 0 Å². The van der Waals surface area contributed by atoms with E-state index in [9.17, 15) is 42.1 Å². The predicted molar refractivity (Wildman–Crippen MR) is 112 cm³/mol. The molecule has 8 atom stereocenters. The molecule has 2 fully saturated rings. The molecule has 0 aromatic rings. The smallest absolute Gasteiger partial charge is 0.367 e. The Bertz CT molecular complexity index is 1400. The van der Waals surface area contributed by atoms with Crippen LogP contribution >= 0.6 is 0 Å². The molecule has 232 valence electrons. The first kappa shape index (κ1) is 34.4. The van der Waals surface area contributed by atoms with Crippen molar-refractivity contribution < 1.29 is 100.0 Å². The fraction of sp³-hybridized carbons (Fsp3) is 1.00. The fourth-order valence-corrected chi connectivity index (χ4v) is 5.71. The number of hydrogen-bond acceptors (Lipinski definition) is 18. The molecule has 0 radical (unpaired) electrons. The Morgan fingerprint density at radius 1 is 0.641 bits per heavy atom. The molecule has 28 heteroatoms. The lowest BCUT2D eigenvalue weighted by Gasteiger charge is -2.40. The second-order valence-electron chi connectivity index (χ2n) is 7.42. The maximum absolute atomic E-state index is 11.4. The van der Waals surface area contributed by atoms with Crippen LogP contribution in [-0.2, 0) is 87.1 Å². The molecule has 0 aromatic heterocycles. The SMILES string of the molecule is C[C@H]1O[C@H](COS(=O)(=O)O)[C@@H](O[C@@H]2OC[C@H](OS(=O)(=O)O)[C@H](OS(=O)(=O)O)[C@H]2OS(=O)(=O)O)[C@@H]1OS(=O)(=O)O. The van der Waals surface area contributed by atoms with Crippen LogP contribution in [-0.4, -0.2) is 127 Å². The highest BCUT2D eigenvalue weighted by Crippen LogP contribution is 2.34. The van der Waals surface area contributed by atoms with Crippen molar-refractivity contribution in [2.24, 2.45) is 0 Å². The topological polar surface area (TPSA) is 346 Å². The summed E-state index contributed by atoms with van der Waals surface area (Å²) in [6.07, 6.45) is -17.2. The summed E-state index contributed by atoms with van der Waals surface area (Å²) in [5, 5.41) is 0. The normalized spacial score (nSPS) is 33.3. The van der Waals surface area contributed by atoms with Gasteiger partial charge >= 0.3 is 52.0 Å². The molecule has 2 aliphatic rings. The molecule has 0 unspecified atom stereocenters. The van der Waals surface area contributed by atoms with Crippen molar-refractivity contribution in [3.63, 3.8) is 0 Å². The van der Waals surface area contributed by atoms with Gasteiger partial charge in [-0.1, -0.05) is 0 Å². The monoisotopic (exact) mass is 680 g/mol. The van der Waals surface area contributed by atoms with Crippen LogP contribution in [0.4, 0.5) is 0 Å². The van der Waals surface area contributed by atoms with Crippen LogP contribution in [0.1, 0.15) is 6.92 Å². The van der Waals surface area contributed by atoms with Crippen LogP contribution in [0.5, 0.6) is 0 Å². The molecule has 2 heterocycles. The minimum Gasteiger partial charge on any atom is -0.367 e. The second-order valence-corrected chi connectivity index (χ2v) is 12.7. The van der Waals surface area contributed by atoms with E-state index < -0.39 is 114 Å². The Hall–Kier alpha value is -0.770. The standard InChI is InChI=1S/C11H20O23S5/c1-4-7(32-37(18,19)20)8(5(29-4)3-28-35(12,13)14)30-11-10(34-39(24,25)26)9(33-38(21,22)23)6(2-27-11)31-36(15,16)17/h4-11H,2-3H2,1H3,(H,12,13,14)(H,15,16,17)(H,18,19,20)(H,21,22,23)(H,24,25,26)/t4-,5-,6+,7-,8-,9+,10-,11+/m1/s1. The van der Waals surface area contributed by atoms with Crippen molar-refractivity contribution in [3.05, 3.63) is 0 Å². The Kier molecular flexibility index (Phi) is 10.8. The molecule has 2 saturated heterocycles. The average Bonchev–Trinajstić information content (AvgIpc) is 2.94. The zero-order valence-corrected chi connectivity index (χ0v) is 22.7. The Balaban J connectivity index is 2.53. The minimum atomic E-state index is -5.66. The van der Waals surface area contributed by atoms with Crippen molar-refractivity contribution in [1.29, 1.82) is 0 Å². The third-order valence-corrected chi connectivity index (χ3v) is 6.86. The summed E-state index contributed by atoms with van der Waals surface area (Å²) >= 11 is 0. The van der Waals surface area contributed by atoms with Crippen LogP contribution in [0.25, 0.3) is 0 Å². The van der Waals surface area contributed by atoms with Gasteiger partial charge in [0, 0.05) is 0 Å². The zero-order valence-electron chi connectivity index (χ0n) is 18.7. The van der Waals surface area contributed by atoms with Gasteiger partial charge in [-0.3, -0.25) is 22.8 Å². The molecule has 39 heavy (non-hydrogen) atoms. The van der Waals surface area contributed by atoms with Gasteiger partial charge in [-0.15, -0.1) is 0 Å². The molecule has 0 amide bonds. The molecule has 2 aliphatic heterocycles. The molecule has 0 spiro atoms. The van der Waals surface area contributed by atoms with Crippen molar-refractivity contribution in [3.8, 4) is 0 Å². The third kappa shape index (κ3) is 11.9. The summed E-state index contributed by atoms with van der Waals surface area (Å²) in [6, 6.07) is 0. The van der Waals surface area contributed by atoms with E-state index in [0.29, 0.717) is 0 Å². The minimum absolute atomic E-state index is 1.09. The summed E-state index contributed by atoms with van der Waals surface area (Å²) in [7, 11) is -27.2. The highest BCUT2D eigenvalue weighted by Gasteiger charge is 2.54. The first-order valence-electron chi connectivity index (χ1n) is 9.51. The highest BCUT2D eigenvalue weighted by atomic mass is 32.3. The van der Waals surface area contributed by atoms with E-state index in [4.69, 9.17) is 37.0 Å². The summed E-state index contributed by atoms with van der Waals surface area (Å²) < 4.78 is 194. The maximum atomic E-state index is 11.4. The van der Waals surface area contributed by atoms with Crippen LogP contribution in [0.15, 0.2) is 0 Å². The maximum Gasteiger partial charge on any atom is 0.397 e. The van der Waals surface area contributed by atoms with Gasteiger partial charge in [0.05, 0.1) is 19.3 Å². The van der Waals surface area contributed by atoms with E-state index in [0.717, 1.165) is 6.92 Å². The van der Waals surface area contributed by atoms with Crippen LogP contribution in [0.2, 0.25) is 0 Å². The van der Waals surface area contributed by atoms with E-state index in [-0.39, 0.29) is 0 Å². The summed E-state index contributed by atoms with van der Waals surface area (Å²) in [5.74, 6) is 0. The summed E-state index contributed by atoms with van der Waals surface area (Å²) in [4.78, 5) is 0. The van der Waals surface area contributed by atoms with Gasteiger partial charge in [-0.05, 0) is 6.92 Å².